The first-order chi connectivity index (χ1) is 23.2. The number of hydrogen-bond acceptors (Lipinski definition) is 1. The largest absolute Gasteiger partial charge is 0.310 e. The Bertz CT molecular complexity index is 2020. The van der Waals surface area contributed by atoms with Crippen molar-refractivity contribution in [3.8, 4) is 22.3 Å². The summed E-state index contributed by atoms with van der Waals surface area (Å²) in [5, 5.41) is 0. The Morgan fingerprint density at radius 1 is 0.426 bits per heavy atom. The summed E-state index contributed by atoms with van der Waals surface area (Å²) < 4.78 is 0. The van der Waals surface area contributed by atoms with Gasteiger partial charge in [-0.05, 0) is 150 Å². The Labute approximate surface area is 279 Å². The van der Waals surface area contributed by atoms with Crippen LogP contribution in [0.5, 0.6) is 0 Å². The van der Waals surface area contributed by atoms with Crippen molar-refractivity contribution in [3.05, 3.63) is 138 Å². The molecule has 1 nitrogen and oxygen atoms in total. The lowest BCUT2D eigenvalue weighted by atomic mass is 9.43. The zero-order valence-electron chi connectivity index (χ0n) is 27.3. The van der Waals surface area contributed by atoms with Crippen molar-refractivity contribution in [1.29, 1.82) is 0 Å². The minimum Gasteiger partial charge on any atom is -0.310 e. The number of anilines is 3. The summed E-state index contributed by atoms with van der Waals surface area (Å²) in [6, 6.07) is 45.0. The van der Waals surface area contributed by atoms with Gasteiger partial charge in [0.15, 0.2) is 0 Å². The van der Waals surface area contributed by atoms with E-state index < -0.39 is 0 Å². The summed E-state index contributed by atoms with van der Waals surface area (Å²) >= 11 is 0. The maximum Gasteiger partial charge on any atom is 0.0468 e. The van der Waals surface area contributed by atoms with Crippen LogP contribution in [0, 0.1) is 23.7 Å². The first kappa shape index (κ1) is 26.9. The standard InChI is InChI=1S/C46H43N/c1-3-11-34(12-4-1)47(36-17-19-39-37-13-5-7-15-41(37)45(44(39)29-36)21-9-2-10-22-45)35-18-20-43-40(28-35)38-14-6-8-16-42(38)46(43)32-24-30-23-31(26-32)27-33(46)25-30/h1,3-8,11-20,28-33H,2,9-10,21-27H2. The van der Waals surface area contributed by atoms with E-state index in [1.165, 1.54) is 104 Å². The molecule has 7 aliphatic carbocycles. The minimum absolute atomic E-state index is 0.144. The van der Waals surface area contributed by atoms with Crippen molar-refractivity contribution in [2.75, 3.05) is 4.90 Å². The lowest BCUT2D eigenvalue weighted by Gasteiger charge is -2.61. The molecule has 4 bridgehead atoms. The molecule has 0 N–H and O–H groups in total. The minimum atomic E-state index is 0.144. The van der Waals surface area contributed by atoms with Crippen LogP contribution in [0.25, 0.3) is 22.3 Å². The molecule has 0 aliphatic heterocycles. The topological polar surface area (TPSA) is 3.24 Å². The van der Waals surface area contributed by atoms with Crippen LogP contribution in [0.1, 0.15) is 86.5 Å². The van der Waals surface area contributed by atoms with E-state index in [0.29, 0.717) is 0 Å². The van der Waals surface area contributed by atoms with Crippen LogP contribution >= 0.6 is 0 Å². The van der Waals surface area contributed by atoms with Crippen LogP contribution in [0.15, 0.2) is 115 Å². The lowest BCUT2D eigenvalue weighted by molar-refractivity contribution is -0.0399. The van der Waals surface area contributed by atoms with Crippen LogP contribution < -0.4 is 4.90 Å². The summed E-state index contributed by atoms with van der Waals surface area (Å²) in [5.41, 5.74) is 16.4. The van der Waals surface area contributed by atoms with Gasteiger partial charge in [0.2, 0.25) is 0 Å². The molecule has 0 radical (unpaired) electrons. The molecule has 5 aromatic rings. The Balaban J connectivity index is 1.09. The van der Waals surface area contributed by atoms with Crippen molar-refractivity contribution in [2.24, 2.45) is 23.7 Å². The predicted molar refractivity (Wildman–Crippen MR) is 194 cm³/mol. The highest BCUT2D eigenvalue weighted by Crippen LogP contribution is 2.69. The van der Waals surface area contributed by atoms with E-state index in [0.717, 1.165) is 23.7 Å². The lowest BCUT2D eigenvalue weighted by Crippen LogP contribution is -2.55. The maximum atomic E-state index is 2.58. The highest BCUT2D eigenvalue weighted by Gasteiger charge is 2.61. The van der Waals surface area contributed by atoms with Crippen molar-refractivity contribution >= 4 is 17.1 Å². The SMILES string of the molecule is c1ccc(N(c2ccc3c(c2)-c2ccccc2C32C3CC4CC(C3)CC2C4)c2ccc3c(c2)C2(CCCCC2)c2ccccc2-3)cc1. The molecular formula is C46H43N. The maximum absolute atomic E-state index is 2.58. The molecule has 7 aliphatic rings. The van der Waals surface area contributed by atoms with Crippen molar-refractivity contribution in [3.63, 3.8) is 0 Å². The third kappa shape index (κ3) is 3.51. The summed E-state index contributed by atoms with van der Waals surface area (Å²) in [6.45, 7) is 0. The van der Waals surface area contributed by atoms with Gasteiger partial charge in [-0.3, -0.25) is 0 Å². The molecule has 5 saturated carbocycles. The fourth-order valence-electron chi connectivity index (χ4n) is 12.6. The Hall–Kier alpha value is -4.10. The number of fused-ring (bicyclic) bond motifs is 8. The van der Waals surface area contributed by atoms with Gasteiger partial charge in [0.05, 0.1) is 0 Å². The van der Waals surface area contributed by atoms with E-state index in [1.54, 1.807) is 22.3 Å². The summed E-state index contributed by atoms with van der Waals surface area (Å²) in [4.78, 5) is 2.55. The molecule has 47 heavy (non-hydrogen) atoms. The van der Waals surface area contributed by atoms with Gasteiger partial charge in [-0.15, -0.1) is 0 Å². The third-order valence-electron chi connectivity index (χ3n) is 14.0. The normalized spacial score (nSPS) is 28.3. The third-order valence-corrected chi connectivity index (χ3v) is 14.0. The fourth-order valence-corrected chi connectivity index (χ4v) is 12.6. The smallest absolute Gasteiger partial charge is 0.0468 e. The molecule has 1 heteroatoms. The second-order valence-electron chi connectivity index (χ2n) is 16.0. The average molecular weight is 610 g/mol. The Morgan fingerprint density at radius 3 is 1.74 bits per heavy atom. The molecule has 0 aromatic heterocycles. The molecule has 232 valence electrons. The van der Waals surface area contributed by atoms with E-state index in [2.05, 4.69) is 120 Å². The van der Waals surface area contributed by atoms with Gasteiger partial charge in [-0.25, -0.2) is 0 Å². The van der Waals surface area contributed by atoms with Crippen molar-refractivity contribution in [1.82, 2.24) is 0 Å². The highest BCUT2D eigenvalue weighted by atomic mass is 15.1. The number of hydrogen-bond donors (Lipinski definition) is 0. The van der Waals surface area contributed by atoms with E-state index in [9.17, 15) is 0 Å². The highest BCUT2D eigenvalue weighted by molar-refractivity contribution is 5.89. The molecule has 5 fully saturated rings. The summed E-state index contributed by atoms with van der Waals surface area (Å²) in [6.07, 6.45) is 13.7. The van der Waals surface area contributed by atoms with Crippen LogP contribution in [0.3, 0.4) is 0 Å². The molecule has 0 heterocycles. The number of rotatable bonds is 3. The van der Waals surface area contributed by atoms with Crippen LogP contribution in [0.2, 0.25) is 0 Å². The van der Waals surface area contributed by atoms with Gasteiger partial charge in [0.1, 0.15) is 0 Å². The van der Waals surface area contributed by atoms with Gasteiger partial charge in [-0.2, -0.15) is 0 Å². The van der Waals surface area contributed by atoms with Gasteiger partial charge >= 0.3 is 0 Å². The van der Waals surface area contributed by atoms with Crippen LogP contribution in [-0.4, -0.2) is 0 Å². The first-order valence-electron chi connectivity index (χ1n) is 18.6. The second kappa shape index (κ2) is 9.72. The zero-order valence-corrected chi connectivity index (χ0v) is 27.3. The molecule has 2 spiro atoms. The van der Waals surface area contributed by atoms with E-state index >= 15 is 0 Å². The van der Waals surface area contributed by atoms with Gasteiger partial charge in [0.25, 0.3) is 0 Å². The Morgan fingerprint density at radius 2 is 1.00 bits per heavy atom. The second-order valence-corrected chi connectivity index (χ2v) is 16.0. The van der Waals surface area contributed by atoms with E-state index in [4.69, 9.17) is 0 Å². The van der Waals surface area contributed by atoms with Crippen LogP contribution in [-0.2, 0) is 10.8 Å². The molecule has 0 unspecified atom stereocenters. The van der Waals surface area contributed by atoms with E-state index in [1.807, 2.05) is 0 Å². The molecule has 5 aromatic carbocycles. The molecule has 12 rings (SSSR count). The predicted octanol–water partition coefficient (Wildman–Crippen LogP) is 12.1. The first-order valence-corrected chi connectivity index (χ1v) is 18.6. The van der Waals surface area contributed by atoms with E-state index in [-0.39, 0.29) is 10.8 Å². The monoisotopic (exact) mass is 609 g/mol. The molecule has 0 amide bonds. The van der Waals surface area contributed by atoms with Gasteiger partial charge in [-0.1, -0.05) is 98.1 Å². The summed E-state index contributed by atoms with van der Waals surface area (Å²) in [7, 11) is 0. The quantitative estimate of drug-likeness (QED) is 0.197. The number of para-hydroxylation sites is 1. The zero-order chi connectivity index (χ0) is 30.7. The molecule has 0 saturated heterocycles. The fraction of sp³-hybridized carbons (Fsp3) is 0.348. The number of nitrogens with zero attached hydrogens (tertiary/aromatic N) is 1. The van der Waals surface area contributed by atoms with Crippen molar-refractivity contribution in [2.45, 2.75) is 75.0 Å². The molecular weight excluding hydrogens is 567 g/mol. The van der Waals surface area contributed by atoms with Gasteiger partial charge in [0, 0.05) is 27.9 Å². The van der Waals surface area contributed by atoms with Gasteiger partial charge < -0.3 is 4.90 Å². The average Bonchev–Trinajstić information content (AvgIpc) is 3.55. The number of benzene rings is 5. The summed E-state index contributed by atoms with van der Waals surface area (Å²) in [5.74, 6) is 3.51. The van der Waals surface area contributed by atoms with Crippen LogP contribution in [0.4, 0.5) is 17.1 Å². The van der Waals surface area contributed by atoms with Crippen molar-refractivity contribution < 1.29 is 0 Å². The molecule has 0 atom stereocenters. The Kier molecular flexibility index (Phi) is 5.57.